The Morgan fingerprint density at radius 3 is 2.60 bits per heavy atom. The number of nitrogens with zero attached hydrogens (tertiary/aromatic N) is 4. The summed E-state index contributed by atoms with van der Waals surface area (Å²) in [4.78, 5) is 0. The third kappa shape index (κ3) is 6.35. The maximum absolute atomic E-state index is 6.51. The summed E-state index contributed by atoms with van der Waals surface area (Å²) in [5.74, 6) is 2.20. The van der Waals surface area contributed by atoms with E-state index in [4.69, 9.17) is 21.1 Å². The van der Waals surface area contributed by atoms with Crippen LogP contribution in [-0.2, 0) is 20.2 Å². The van der Waals surface area contributed by atoms with Crippen LogP contribution in [0.2, 0.25) is 5.02 Å². The largest absolute Gasteiger partial charge is 0.490 e. The zero-order valence-corrected chi connectivity index (χ0v) is 19.0. The Morgan fingerprint density at radius 2 is 1.90 bits per heavy atom. The maximum atomic E-state index is 6.51. The summed E-state index contributed by atoms with van der Waals surface area (Å²) in [7, 11) is 1.83. The number of thioether (sulfide) groups is 1. The van der Waals surface area contributed by atoms with Gasteiger partial charge in [0.15, 0.2) is 11.5 Å². The fourth-order valence-electron chi connectivity index (χ4n) is 2.72. The Balaban J connectivity index is 1.56. The van der Waals surface area contributed by atoms with Gasteiger partial charge in [0, 0.05) is 37.0 Å². The number of hydrogen-bond donors (Lipinski definition) is 1. The summed E-state index contributed by atoms with van der Waals surface area (Å²) in [6.45, 7) is 6.46. The first-order chi connectivity index (χ1) is 14.6. The first kappa shape index (κ1) is 22.4. The van der Waals surface area contributed by atoms with Crippen molar-refractivity contribution in [3.63, 3.8) is 0 Å². The van der Waals surface area contributed by atoms with Crippen molar-refractivity contribution in [1.29, 1.82) is 0 Å². The van der Waals surface area contributed by atoms with Crippen LogP contribution in [0.3, 0.4) is 0 Å². The van der Waals surface area contributed by atoms with E-state index in [-0.39, 0.29) is 0 Å². The van der Waals surface area contributed by atoms with Gasteiger partial charge in [-0.1, -0.05) is 53.2 Å². The molecule has 160 valence electrons. The van der Waals surface area contributed by atoms with Crippen molar-refractivity contribution in [3.8, 4) is 11.5 Å². The zero-order valence-electron chi connectivity index (χ0n) is 17.4. The fraction of sp³-hybridized carbons (Fsp3) is 0.381. The van der Waals surface area contributed by atoms with E-state index in [0.717, 1.165) is 28.6 Å². The summed E-state index contributed by atoms with van der Waals surface area (Å²) in [5, 5.41) is 16.2. The van der Waals surface area contributed by atoms with E-state index < -0.39 is 0 Å². The van der Waals surface area contributed by atoms with E-state index in [1.165, 1.54) is 5.56 Å². The minimum Gasteiger partial charge on any atom is -0.490 e. The van der Waals surface area contributed by atoms with E-state index >= 15 is 0 Å². The van der Waals surface area contributed by atoms with Gasteiger partial charge in [-0.25, -0.2) is 4.68 Å². The van der Waals surface area contributed by atoms with Crippen LogP contribution in [0, 0.1) is 6.92 Å². The van der Waals surface area contributed by atoms with Crippen LogP contribution in [0.4, 0.5) is 0 Å². The predicted molar refractivity (Wildman–Crippen MR) is 119 cm³/mol. The lowest BCUT2D eigenvalue weighted by Crippen LogP contribution is -2.17. The highest BCUT2D eigenvalue weighted by Crippen LogP contribution is 2.34. The van der Waals surface area contributed by atoms with E-state index in [2.05, 4.69) is 52.0 Å². The normalized spacial score (nSPS) is 10.9. The molecule has 7 nitrogen and oxygen atoms in total. The van der Waals surface area contributed by atoms with E-state index in [1.807, 2.05) is 26.1 Å². The number of rotatable bonds is 11. The number of ether oxygens (including phenoxy) is 2. The number of benzene rings is 2. The molecular weight excluding hydrogens is 422 g/mol. The molecule has 3 rings (SSSR count). The predicted octanol–water partition coefficient (Wildman–Crippen LogP) is 4.03. The van der Waals surface area contributed by atoms with Crippen molar-refractivity contribution in [3.05, 3.63) is 58.1 Å². The molecule has 0 amide bonds. The van der Waals surface area contributed by atoms with Gasteiger partial charge in [-0.2, -0.15) is 0 Å². The van der Waals surface area contributed by atoms with Gasteiger partial charge in [-0.15, -0.1) is 5.10 Å². The van der Waals surface area contributed by atoms with Crippen LogP contribution >= 0.6 is 23.4 Å². The average Bonchev–Trinajstić information content (AvgIpc) is 3.14. The highest BCUT2D eigenvalue weighted by molar-refractivity contribution is 7.99. The quantitative estimate of drug-likeness (QED) is 0.351. The van der Waals surface area contributed by atoms with Crippen molar-refractivity contribution in [1.82, 2.24) is 25.5 Å². The van der Waals surface area contributed by atoms with Crippen LogP contribution in [0.15, 0.2) is 41.6 Å². The van der Waals surface area contributed by atoms with Gasteiger partial charge in [0.1, 0.15) is 6.61 Å². The number of halogens is 1. The molecule has 0 atom stereocenters. The lowest BCUT2D eigenvalue weighted by atomic mass is 10.1. The van der Waals surface area contributed by atoms with Crippen LogP contribution in [0.5, 0.6) is 11.5 Å². The molecule has 9 heteroatoms. The molecule has 0 saturated heterocycles. The molecule has 1 aromatic heterocycles. The Hall–Kier alpha value is -2.29. The zero-order chi connectivity index (χ0) is 21.3. The molecule has 3 aromatic rings. The summed E-state index contributed by atoms with van der Waals surface area (Å²) >= 11 is 8.11. The van der Waals surface area contributed by atoms with Crippen molar-refractivity contribution in [2.45, 2.75) is 32.2 Å². The minimum absolute atomic E-state index is 0.461. The summed E-state index contributed by atoms with van der Waals surface area (Å²) in [6.07, 6.45) is 0. The Bertz CT molecular complexity index is 949. The van der Waals surface area contributed by atoms with Gasteiger partial charge < -0.3 is 14.8 Å². The van der Waals surface area contributed by atoms with Crippen molar-refractivity contribution < 1.29 is 9.47 Å². The van der Waals surface area contributed by atoms with Crippen LogP contribution in [0.1, 0.15) is 23.6 Å². The van der Waals surface area contributed by atoms with Gasteiger partial charge in [0.05, 0.1) is 6.61 Å². The molecule has 0 aliphatic carbocycles. The van der Waals surface area contributed by atoms with Gasteiger partial charge in [0.25, 0.3) is 0 Å². The average molecular weight is 448 g/mol. The highest BCUT2D eigenvalue weighted by atomic mass is 35.5. The second-order valence-corrected chi connectivity index (χ2v) is 8.18. The van der Waals surface area contributed by atoms with E-state index in [1.54, 1.807) is 16.4 Å². The minimum atomic E-state index is 0.461. The molecule has 0 aliphatic heterocycles. The maximum Gasteiger partial charge on any atom is 0.209 e. The van der Waals surface area contributed by atoms with E-state index in [0.29, 0.717) is 36.3 Å². The Labute approximate surface area is 186 Å². The number of hydrogen-bond acceptors (Lipinski definition) is 7. The molecule has 0 aliphatic rings. The second-order valence-electron chi connectivity index (χ2n) is 6.71. The molecule has 2 aromatic carbocycles. The molecule has 0 saturated carbocycles. The topological polar surface area (TPSA) is 74.1 Å². The van der Waals surface area contributed by atoms with Crippen LogP contribution in [-0.4, -0.2) is 39.1 Å². The van der Waals surface area contributed by atoms with E-state index in [9.17, 15) is 0 Å². The number of aromatic nitrogens is 4. The second kappa shape index (κ2) is 11.2. The van der Waals surface area contributed by atoms with Gasteiger partial charge in [-0.05, 0) is 41.5 Å². The third-order valence-corrected chi connectivity index (χ3v) is 5.70. The molecule has 30 heavy (non-hydrogen) atoms. The van der Waals surface area contributed by atoms with Gasteiger partial charge in [0.2, 0.25) is 5.16 Å². The van der Waals surface area contributed by atoms with Crippen molar-refractivity contribution >= 4 is 23.4 Å². The molecule has 1 N–H and O–H groups in total. The smallest absolute Gasteiger partial charge is 0.209 e. The first-order valence-electron chi connectivity index (χ1n) is 9.76. The first-order valence-corrected chi connectivity index (χ1v) is 11.1. The van der Waals surface area contributed by atoms with Crippen molar-refractivity contribution in [2.75, 3.05) is 18.9 Å². The standard InChI is InChI=1S/C21H26ClN5O2S/c1-4-28-19-11-17(13-23-9-10-30-21-24-25-26-27(21)3)18(22)12-20(19)29-14-16-7-5-15(2)6-8-16/h5-8,11-12,23H,4,9-10,13-14H2,1-3H3. The lowest BCUT2D eigenvalue weighted by Gasteiger charge is -2.15. The number of nitrogens with one attached hydrogen (secondary N) is 1. The Morgan fingerprint density at radius 1 is 1.13 bits per heavy atom. The summed E-state index contributed by atoms with van der Waals surface area (Å²) < 4.78 is 13.4. The molecule has 0 spiro atoms. The van der Waals surface area contributed by atoms with Crippen molar-refractivity contribution in [2.24, 2.45) is 7.05 Å². The van der Waals surface area contributed by atoms with Crippen LogP contribution in [0.25, 0.3) is 0 Å². The van der Waals surface area contributed by atoms with Crippen LogP contribution < -0.4 is 14.8 Å². The SMILES string of the molecule is CCOc1cc(CNCCSc2nnnn2C)c(Cl)cc1OCc1ccc(C)cc1. The molecule has 0 unspecified atom stereocenters. The summed E-state index contributed by atoms with van der Waals surface area (Å²) in [5.41, 5.74) is 3.29. The molecule has 0 bridgehead atoms. The van der Waals surface area contributed by atoms with Gasteiger partial charge in [-0.3, -0.25) is 0 Å². The Kier molecular flexibility index (Phi) is 8.36. The monoisotopic (exact) mass is 447 g/mol. The molecule has 0 fully saturated rings. The van der Waals surface area contributed by atoms with Gasteiger partial charge >= 0.3 is 0 Å². The lowest BCUT2D eigenvalue weighted by molar-refractivity contribution is 0.269. The highest BCUT2D eigenvalue weighted by Gasteiger charge is 2.12. The summed E-state index contributed by atoms with van der Waals surface area (Å²) in [6, 6.07) is 12.0. The number of tetrazole rings is 1. The molecule has 1 heterocycles. The number of aryl methyl sites for hydroxylation is 2. The molecule has 0 radical (unpaired) electrons. The fourth-order valence-corrected chi connectivity index (χ4v) is 3.69. The molecular formula is C21H26ClN5O2S. The third-order valence-electron chi connectivity index (χ3n) is 4.33.